The van der Waals surface area contributed by atoms with Crippen LogP contribution < -0.4 is 16.1 Å². The predicted molar refractivity (Wildman–Crippen MR) is 122 cm³/mol. The van der Waals surface area contributed by atoms with Crippen LogP contribution in [0.3, 0.4) is 0 Å². The van der Waals surface area contributed by atoms with E-state index in [0.717, 1.165) is 25.1 Å². The van der Waals surface area contributed by atoms with E-state index < -0.39 is 0 Å². The van der Waals surface area contributed by atoms with Crippen molar-refractivity contribution in [2.45, 2.75) is 111 Å². The number of piperidine rings is 1. The van der Waals surface area contributed by atoms with E-state index in [9.17, 15) is 0 Å². The molecule has 166 valence electrons. The van der Waals surface area contributed by atoms with Crippen molar-refractivity contribution in [3.63, 3.8) is 0 Å². The van der Waals surface area contributed by atoms with E-state index in [1.165, 1.54) is 0 Å². The van der Waals surface area contributed by atoms with E-state index in [4.69, 9.17) is 10.8 Å². The number of nitrogens with zero attached hydrogens (tertiary/aromatic N) is 5. The molecule has 1 saturated heterocycles. The van der Waals surface area contributed by atoms with Crippen LogP contribution >= 0.6 is 0 Å². The van der Waals surface area contributed by atoms with Gasteiger partial charge in [0.2, 0.25) is 11.9 Å². The van der Waals surface area contributed by atoms with Crippen LogP contribution in [0.25, 0.3) is 0 Å². The Morgan fingerprint density at radius 2 is 1.55 bits per heavy atom. The minimum absolute atomic E-state index is 0.0987. The Kier molecular flexibility index (Phi) is 6.28. The highest BCUT2D eigenvalue weighted by molar-refractivity contribution is 5.39. The molecule has 29 heavy (non-hydrogen) atoms. The minimum Gasteiger partial charge on any atom is -0.349 e. The van der Waals surface area contributed by atoms with Gasteiger partial charge in [0.25, 0.3) is 0 Å². The van der Waals surface area contributed by atoms with Crippen molar-refractivity contribution < 1.29 is 0 Å². The van der Waals surface area contributed by atoms with Crippen LogP contribution in [0.4, 0.5) is 11.9 Å². The molecule has 0 spiro atoms. The summed E-state index contributed by atoms with van der Waals surface area (Å²) in [5.74, 6) is 8.51. The molecule has 1 aliphatic rings. The normalized spacial score (nSPS) is 20.6. The van der Waals surface area contributed by atoms with Gasteiger partial charge in [-0.25, -0.2) is 5.01 Å². The molecule has 3 N–H and O–H groups in total. The van der Waals surface area contributed by atoms with E-state index in [0.29, 0.717) is 17.9 Å². The monoisotopic (exact) mass is 405 g/mol. The number of hydrazine groups is 1. The van der Waals surface area contributed by atoms with Crippen molar-refractivity contribution in [3.8, 4) is 0 Å². The Morgan fingerprint density at radius 3 is 2.03 bits per heavy atom. The second-order valence-electron chi connectivity index (χ2n) is 11.9. The third-order valence-electron chi connectivity index (χ3n) is 5.80. The molecular weight excluding hydrogens is 362 g/mol. The molecule has 0 aliphatic carbocycles. The molecular formula is C22H43N7. The summed E-state index contributed by atoms with van der Waals surface area (Å²) in [6.45, 7) is 21.9. The van der Waals surface area contributed by atoms with Crippen LogP contribution in [0.15, 0.2) is 0 Å². The van der Waals surface area contributed by atoms with Gasteiger partial charge >= 0.3 is 0 Å². The van der Waals surface area contributed by atoms with E-state index >= 15 is 0 Å². The largest absolute Gasteiger partial charge is 0.349 e. The molecule has 0 bridgehead atoms. The molecule has 2 rings (SSSR count). The molecule has 1 fully saturated rings. The minimum atomic E-state index is -0.114. The molecule has 0 radical (unpaired) electrons. The smallest absolute Gasteiger partial charge is 0.230 e. The Morgan fingerprint density at radius 1 is 1.03 bits per heavy atom. The second kappa shape index (κ2) is 7.65. The molecule has 7 nitrogen and oxygen atoms in total. The third-order valence-corrected chi connectivity index (χ3v) is 5.80. The van der Waals surface area contributed by atoms with Crippen LogP contribution in [-0.2, 0) is 0 Å². The van der Waals surface area contributed by atoms with Crippen molar-refractivity contribution in [2.24, 2.45) is 11.3 Å². The van der Waals surface area contributed by atoms with Gasteiger partial charge in [0.1, 0.15) is 5.82 Å². The zero-order valence-electron chi connectivity index (χ0n) is 20.5. The summed E-state index contributed by atoms with van der Waals surface area (Å²) in [5, 5.41) is 5.54. The van der Waals surface area contributed by atoms with Gasteiger partial charge in [-0.05, 0) is 73.1 Å². The molecule has 0 amide bonds. The van der Waals surface area contributed by atoms with E-state index in [2.05, 4.69) is 89.5 Å². The Bertz CT molecular complexity index is 700. The highest BCUT2D eigenvalue weighted by atomic mass is 15.5. The number of aryl methyl sites for hydroxylation is 1. The molecule has 7 heteroatoms. The van der Waals surface area contributed by atoms with Gasteiger partial charge < -0.3 is 10.2 Å². The summed E-state index contributed by atoms with van der Waals surface area (Å²) in [7, 11) is 2.09. The van der Waals surface area contributed by atoms with Gasteiger partial charge in [0, 0.05) is 29.7 Å². The standard InChI is InChI=1S/C22H43N7/c1-15-24-17(27-20(5,6)14-19(2,3)4)26-18(25-15)28(11)16-12-21(7,8)29(23)22(9,10)13-16/h16H,12-14,23H2,1-11H3,(H,24,25,26,27). The van der Waals surface area contributed by atoms with Crippen LogP contribution in [0, 0.1) is 12.3 Å². The number of hydrogen-bond acceptors (Lipinski definition) is 7. The highest BCUT2D eigenvalue weighted by Gasteiger charge is 2.45. The fraction of sp³-hybridized carbons (Fsp3) is 0.864. The fourth-order valence-electron chi connectivity index (χ4n) is 5.03. The lowest BCUT2D eigenvalue weighted by Gasteiger charge is -2.54. The van der Waals surface area contributed by atoms with Crippen molar-refractivity contribution in [1.82, 2.24) is 20.0 Å². The maximum Gasteiger partial charge on any atom is 0.230 e. The number of rotatable bonds is 5. The number of aromatic nitrogens is 3. The van der Waals surface area contributed by atoms with Gasteiger partial charge in [-0.3, -0.25) is 5.84 Å². The van der Waals surface area contributed by atoms with Gasteiger partial charge in [-0.2, -0.15) is 15.0 Å². The van der Waals surface area contributed by atoms with Crippen molar-refractivity contribution in [1.29, 1.82) is 0 Å². The van der Waals surface area contributed by atoms with E-state index in [1.807, 2.05) is 11.9 Å². The number of nitrogens with two attached hydrogens (primary N) is 1. The average molecular weight is 406 g/mol. The lowest BCUT2D eigenvalue weighted by molar-refractivity contribution is -0.0367. The number of nitrogens with one attached hydrogen (secondary N) is 1. The van der Waals surface area contributed by atoms with Gasteiger partial charge in [-0.15, -0.1) is 0 Å². The molecule has 2 heterocycles. The molecule has 1 aromatic heterocycles. The zero-order chi connectivity index (χ0) is 22.4. The Labute approximate surface area is 177 Å². The summed E-state index contributed by atoms with van der Waals surface area (Å²) in [5.41, 5.74) is -0.0978. The van der Waals surface area contributed by atoms with Crippen molar-refractivity contribution in [3.05, 3.63) is 5.82 Å². The van der Waals surface area contributed by atoms with Gasteiger partial charge in [0.05, 0.1) is 0 Å². The quantitative estimate of drug-likeness (QED) is 0.712. The topological polar surface area (TPSA) is 83.2 Å². The lowest BCUT2D eigenvalue weighted by atomic mass is 9.78. The average Bonchev–Trinajstić information content (AvgIpc) is 2.47. The van der Waals surface area contributed by atoms with Gasteiger partial charge in [-0.1, -0.05) is 20.8 Å². The van der Waals surface area contributed by atoms with Gasteiger partial charge in [0.15, 0.2) is 0 Å². The SMILES string of the molecule is Cc1nc(NC(C)(C)CC(C)(C)C)nc(N(C)C2CC(C)(C)N(N)C(C)(C)C2)n1. The third kappa shape index (κ3) is 6.01. The summed E-state index contributed by atoms with van der Waals surface area (Å²) in [4.78, 5) is 16.2. The number of hydrogen-bond donors (Lipinski definition) is 2. The first-order chi connectivity index (χ1) is 12.9. The summed E-state index contributed by atoms with van der Waals surface area (Å²) >= 11 is 0. The summed E-state index contributed by atoms with van der Waals surface area (Å²) in [6.07, 6.45) is 2.91. The molecule has 1 aromatic rings. The van der Waals surface area contributed by atoms with Crippen LogP contribution in [0.1, 0.15) is 87.4 Å². The second-order valence-corrected chi connectivity index (χ2v) is 11.9. The first kappa shape index (κ1) is 23.8. The maximum absolute atomic E-state index is 6.42. The van der Waals surface area contributed by atoms with Crippen molar-refractivity contribution in [2.75, 3.05) is 17.3 Å². The zero-order valence-corrected chi connectivity index (χ0v) is 20.5. The highest BCUT2D eigenvalue weighted by Crippen LogP contribution is 2.38. The maximum atomic E-state index is 6.42. The summed E-state index contributed by atoms with van der Waals surface area (Å²) < 4.78 is 0. The molecule has 0 saturated carbocycles. The molecule has 0 aromatic carbocycles. The summed E-state index contributed by atoms with van der Waals surface area (Å²) in [6, 6.07) is 0.303. The van der Waals surface area contributed by atoms with Crippen LogP contribution in [0.5, 0.6) is 0 Å². The Hall–Kier alpha value is -1.47. The lowest BCUT2D eigenvalue weighted by Crippen LogP contribution is -2.66. The molecule has 0 unspecified atom stereocenters. The fourth-order valence-corrected chi connectivity index (χ4v) is 5.03. The van der Waals surface area contributed by atoms with Crippen molar-refractivity contribution >= 4 is 11.9 Å². The first-order valence-corrected chi connectivity index (χ1v) is 10.7. The van der Waals surface area contributed by atoms with Crippen LogP contribution in [0.2, 0.25) is 0 Å². The van der Waals surface area contributed by atoms with Crippen LogP contribution in [-0.4, -0.2) is 49.7 Å². The van der Waals surface area contributed by atoms with E-state index in [-0.39, 0.29) is 22.0 Å². The molecule has 0 atom stereocenters. The predicted octanol–water partition coefficient (Wildman–Crippen LogP) is 4.14. The Balaban J connectivity index is 2.27. The first-order valence-electron chi connectivity index (χ1n) is 10.7. The number of anilines is 2. The van der Waals surface area contributed by atoms with E-state index in [1.54, 1.807) is 0 Å². The molecule has 1 aliphatic heterocycles.